The highest BCUT2D eigenvalue weighted by Gasteiger charge is 2.11. The summed E-state index contributed by atoms with van der Waals surface area (Å²) in [7, 11) is 1.62. The van der Waals surface area contributed by atoms with Crippen LogP contribution >= 0.6 is 11.3 Å². The molecule has 4 nitrogen and oxygen atoms in total. The van der Waals surface area contributed by atoms with Crippen LogP contribution in [0.2, 0.25) is 0 Å². The Kier molecular flexibility index (Phi) is 4.98. The predicted octanol–water partition coefficient (Wildman–Crippen LogP) is 1.52. The Balaban J connectivity index is 2.75. The molecule has 0 aliphatic rings. The number of amides is 1. The molecular weight excluding hydrogens is 224 g/mol. The van der Waals surface area contributed by atoms with Gasteiger partial charge in [-0.2, -0.15) is 0 Å². The number of carbonyl (C=O) groups excluding carboxylic acids is 2. The van der Waals surface area contributed by atoms with Crippen molar-refractivity contribution in [2.75, 3.05) is 25.0 Å². The van der Waals surface area contributed by atoms with E-state index in [1.165, 1.54) is 11.3 Å². The molecule has 5 heteroatoms. The van der Waals surface area contributed by atoms with E-state index < -0.39 is 0 Å². The number of nitrogens with zero attached hydrogens (tertiary/aromatic N) is 1. The van der Waals surface area contributed by atoms with Gasteiger partial charge in [-0.25, -0.2) is 0 Å². The second-order valence-electron chi connectivity index (χ2n) is 3.39. The molecule has 1 heterocycles. The number of hydrogen-bond acceptors (Lipinski definition) is 4. The molecule has 0 fully saturated rings. The van der Waals surface area contributed by atoms with Gasteiger partial charge >= 0.3 is 0 Å². The summed E-state index contributed by atoms with van der Waals surface area (Å²) >= 11 is 1.41. The molecule has 1 aromatic rings. The van der Waals surface area contributed by atoms with Crippen molar-refractivity contribution < 1.29 is 9.59 Å². The molecule has 1 aromatic heterocycles. The lowest BCUT2D eigenvalue weighted by Crippen LogP contribution is -2.35. The largest absolute Gasteiger partial charge is 0.358 e. The highest BCUT2D eigenvalue weighted by Crippen LogP contribution is 2.24. The van der Waals surface area contributed by atoms with Crippen LogP contribution in [-0.2, 0) is 4.79 Å². The summed E-state index contributed by atoms with van der Waals surface area (Å²) in [5.74, 6) is -0.0190. The van der Waals surface area contributed by atoms with Gasteiger partial charge < -0.3 is 10.2 Å². The number of aldehydes is 1. The molecule has 1 rings (SSSR count). The lowest BCUT2D eigenvalue weighted by atomic mass is 10.4. The topological polar surface area (TPSA) is 49.4 Å². The number of rotatable bonds is 6. The van der Waals surface area contributed by atoms with Gasteiger partial charge in [0.05, 0.1) is 16.4 Å². The lowest BCUT2D eigenvalue weighted by Gasteiger charge is -2.21. The zero-order valence-corrected chi connectivity index (χ0v) is 10.3. The van der Waals surface area contributed by atoms with Crippen molar-refractivity contribution in [3.05, 3.63) is 17.0 Å². The Bertz CT molecular complexity index is 363. The highest BCUT2D eigenvalue weighted by molar-refractivity contribution is 7.17. The Morgan fingerprint density at radius 3 is 2.81 bits per heavy atom. The van der Waals surface area contributed by atoms with E-state index in [1.54, 1.807) is 13.1 Å². The van der Waals surface area contributed by atoms with Gasteiger partial charge in [0.1, 0.15) is 0 Å². The molecule has 0 spiro atoms. The molecule has 1 amide bonds. The number of hydrogen-bond donors (Lipinski definition) is 1. The van der Waals surface area contributed by atoms with Crippen molar-refractivity contribution in [2.45, 2.75) is 13.3 Å². The van der Waals surface area contributed by atoms with E-state index in [-0.39, 0.29) is 5.91 Å². The summed E-state index contributed by atoms with van der Waals surface area (Å²) in [4.78, 5) is 24.6. The minimum absolute atomic E-state index is 0.0190. The first kappa shape index (κ1) is 12.7. The maximum Gasteiger partial charge on any atom is 0.239 e. The van der Waals surface area contributed by atoms with Crippen LogP contribution in [-0.4, -0.2) is 32.3 Å². The number of anilines is 1. The van der Waals surface area contributed by atoms with E-state index >= 15 is 0 Å². The quantitative estimate of drug-likeness (QED) is 0.767. The number of carbonyl (C=O) groups is 2. The average molecular weight is 240 g/mol. The lowest BCUT2D eigenvalue weighted by molar-refractivity contribution is -0.119. The molecule has 16 heavy (non-hydrogen) atoms. The summed E-state index contributed by atoms with van der Waals surface area (Å²) < 4.78 is 0. The van der Waals surface area contributed by atoms with E-state index in [4.69, 9.17) is 0 Å². The second kappa shape index (κ2) is 6.27. The molecule has 88 valence electrons. The molecule has 0 aromatic carbocycles. The fourth-order valence-corrected chi connectivity index (χ4v) is 2.21. The van der Waals surface area contributed by atoms with Gasteiger partial charge in [0.2, 0.25) is 5.91 Å². The van der Waals surface area contributed by atoms with Crippen LogP contribution in [0.4, 0.5) is 5.00 Å². The maximum absolute atomic E-state index is 11.3. The van der Waals surface area contributed by atoms with Crippen molar-refractivity contribution >= 4 is 28.5 Å². The van der Waals surface area contributed by atoms with Crippen LogP contribution in [0.5, 0.6) is 0 Å². The molecule has 0 saturated carbocycles. The van der Waals surface area contributed by atoms with Crippen molar-refractivity contribution in [1.82, 2.24) is 5.32 Å². The van der Waals surface area contributed by atoms with E-state index in [0.29, 0.717) is 11.4 Å². The molecule has 0 bridgehead atoms. The molecular formula is C11H16N2O2S. The summed E-state index contributed by atoms with van der Waals surface area (Å²) in [6.45, 7) is 3.21. The molecule has 1 N–H and O–H groups in total. The Hall–Kier alpha value is -1.36. The fraction of sp³-hybridized carbons (Fsp3) is 0.455. The molecule has 0 saturated heterocycles. The van der Waals surface area contributed by atoms with Gasteiger partial charge in [-0.15, -0.1) is 11.3 Å². The second-order valence-corrected chi connectivity index (χ2v) is 4.48. The number of thiophene rings is 1. The van der Waals surface area contributed by atoms with Crippen LogP contribution in [0.15, 0.2) is 12.1 Å². The van der Waals surface area contributed by atoms with Crippen molar-refractivity contribution in [1.29, 1.82) is 0 Å². The smallest absolute Gasteiger partial charge is 0.239 e. The van der Waals surface area contributed by atoms with Crippen LogP contribution in [0.3, 0.4) is 0 Å². The first-order chi connectivity index (χ1) is 7.71. The molecule has 0 aliphatic heterocycles. The van der Waals surface area contributed by atoms with Crippen LogP contribution in [0, 0.1) is 0 Å². The van der Waals surface area contributed by atoms with E-state index in [9.17, 15) is 9.59 Å². The maximum atomic E-state index is 11.3. The van der Waals surface area contributed by atoms with Gasteiger partial charge in [-0.1, -0.05) is 6.92 Å². The van der Waals surface area contributed by atoms with Gasteiger partial charge in [0.15, 0.2) is 6.29 Å². The first-order valence-corrected chi connectivity index (χ1v) is 6.03. The Morgan fingerprint density at radius 2 is 2.31 bits per heavy atom. The Morgan fingerprint density at radius 1 is 1.56 bits per heavy atom. The standard InChI is InChI=1S/C11H16N2O2S/c1-3-6-13(7-10(15)12-2)11-5-4-9(8-14)16-11/h4-5,8H,3,6-7H2,1-2H3,(H,12,15). The molecule has 0 unspecified atom stereocenters. The van der Waals surface area contributed by atoms with E-state index in [2.05, 4.69) is 12.2 Å². The third kappa shape index (κ3) is 3.34. The average Bonchev–Trinajstić information content (AvgIpc) is 2.76. The molecule has 0 aliphatic carbocycles. The van der Waals surface area contributed by atoms with Gasteiger partial charge in [0, 0.05) is 13.6 Å². The minimum Gasteiger partial charge on any atom is -0.358 e. The van der Waals surface area contributed by atoms with Crippen LogP contribution in [0.25, 0.3) is 0 Å². The summed E-state index contributed by atoms with van der Waals surface area (Å²) in [5, 5.41) is 3.56. The summed E-state index contributed by atoms with van der Waals surface area (Å²) in [6.07, 6.45) is 1.80. The SMILES string of the molecule is CCCN(CC(=O)NC)c1ccc(C=O)s1. The van der Waals surface area contributed by atoms with Crippen LogP contribution < -0.4 is 10.2 Å². The summed E-state index contributed by atoms with van der Waals surface area (Å²) in [5.41, 5.74) is 0. The number of nitrogens with one attached hydrogen (secondary N) is 1. The highest BCUT2D eigenvalue weighted by atomic mass is 32.1. The zero-order chi connectivity index (χ0) is 12.0. The van der Waals surface area contributed by atoms with Gasteiger partial charge in [-0.3, -0.25) is 9.59 Å². The van der Waals surface area contributed by atoms with E-state index in [0.717, 1.165) is 24.3 Å². The number of likely N-dealkylation sites (N-methyl/N-ethyl adjacent to an activating group) is 1. The molecule has 0 atom stereocenters. The fourth-order valence-electron chi connectivity index (χ4n) is 1.36. The molecule has 0 radical (unpaired) electrons. The third-order valence-electron chi connectivity index (χ3n) is 2.15. The van der Waals surface area contributed by atoms with Gasteiger partial charge in [0.25, 0.3) is 0 Å². The monoisotopic (exact) mass is 240 g/mol. The van der Waals surface area contributed by atoms with Gasteiger partial charge in [-0.05, 0) is 18.6 Å². The van der Waals surface area contributed by atoms with Crippen LogP contribution in [0.1, 0.15) is 23.0 Å². The normalized spacial score (nSPS) is 9.88. The minimum atomic E-state index is -0.0190. The summed E-state index contributed by atoms with van der Waals surface area (Å²) in [6, 6.07) is 3.66. The van der Waals surface area contributed by atoms with Crippen molar-refractivity contribution in [3.8, 4) is 0 Å². The predicted molar refractivity (Wildman–Crippen MR) is 66.3 cm³/mol. The third-order valence-corrected chi connectivity index (χ3v) is 3.22. The van der Waals surface area contributed by atoms with E-state index in [1.807, 2.05) is 11.0 Å². The first-order valence-electron chi connectivity index (χ1n) is 5.21. The van der Waals surface area contributed by atoms with Crippen molar-refractivity contribution in [3.63, 3.8) is 0 Å². The van der Waals surface area contributed by atoms with Crippen molar-refractivity contribution in [2.24, 2.45) is 0 Å². The Labute approximate surface area is 99.3 Å². The zero-order valence-electron chi connectivity index (χ0n) is 9.53.